The topological polar surface area (TPSA) is 107 Å². The van der Waals surface area contributed by atoms with Crippen molar-refractivity contribution >= 4 is 10.0 Å². The average Bonchev–Trinajstić information content (AvgIpc) is 3.52. The summed E-state index contributed by atoms with van der Waals surface area (Å²) in [4.78, 5) is 6.61. The number of aryl methyl sites for hydroxylation is 1. The van der Waals surface area contributed by atoms with Crippen LogP contribution in [0.25, 0.3) is 0 Å². The highest BCUT2D eigenvalue weighted by atomic mass is 32.2. The van der Waals surface area contributed by atoms with Crippen LogP contribution in [-0.4, -0.2) is 55.6 Å². The molecule has 188 valence electrons. The van der Waals surface area contributed by atoms with E-state index in [4.69, 9.17) is 14.0 Å². The Labute approximate surface area is 206 Å². The Morgan fingerprint density at radius 3 is 2.57 bits per heavy atom. The van der Waals surface area contributed by atoms with Crippen LogP contribution in [-0.2, 0) is 22.9 Å². The molecule has 2 aromatic carbocycles. The van der Waals surface area contributed by atoms with E-state index in [0.29, 0.717) is 43.1 Å². The first kappa shape index (κ1) is 25.2. The van der Waals surface area contributed by atoms with Crippen LogP contribution >= 0.6 is 0 Å². The number of nitrogens with zero attached hydrogens (tertiary/aromatic N) is 3. The number of rotatable bonds is 13. The van der Waals surface area contributed by atoms with Gasteiger partial charge in [0.05, 0.1) is 5.75 Å². The highest BCUT2D eigenvalue weighted by molar-refractivity contribution is 7.89. The largest absolute Gasteiger partial charge is 0.454 e. The maximum Gasteiger partial charge on any atom is 0.244 e. The average molecular weight is 501 g/mol. The molecule has 1 aliphatic rings. The van der Waals surface area contributed by atoms with Crippen molar-refractivity contribution < 1.29 is 22.4 Å². The van der Waals surface area contributed by atoms with Crippen molar-refractivity contribution in [1.82, 2.24) is 19.8 Å². The van der Waals surface area contributed by atoms with Gasteiger partial charge in [-0.15, -0.1) is 0 Å². The fraction of sp³-hybridized carbons (Fsp3) is 0.440. The fourth-order valence-corrected chi connectivity index (χ4v) is 5.24. The lowest BCUT2D eigenvalue weighted by atomic mass is 10.1. The number of aromatic nitrogens is 2. The van der Waals surface area contributed by atoms with E-state index in [0.717, 1.165) is 24.2 Å². The van der Waals surface area contributed by atoms with Crippen LogP contribution in [0.5, 0.6) is 11.5 Å². The van der Waals surface area contributed by atoms with Gasteiger partial charge in [-0.25, -0.2) is 13.1 Å². The summed E-state index contributed by atoms with van der Waals surface area (Å²) in [5.41, 5.74) is 2.06. The summed E-state index contributed by atoms with van der Waals surface area (Å²) in [5.74, 6) is 2.15. The predicted molar refractivity (Wildman–Crippen MR) is 132 cm³/mol. The second kappa shape index (κ2) is 11.7. The Hall–Kier alpha value is -2.95. The molecule has 0 fully saturated rings. The number of fused-ring (bicyclic) bond motifs is 1. The molecule has 10 heteroatoms. The molecule has 35 heavy (non-hydrogen) atoms. The van der Waals surface area contributed by atoms with Gasteiger partial charge in [0.25, 0.3) is 0 Å². The smallest absolute Gasteiger partial charge is 0.244 e. The molecule has 4 rings (SSSR count). The van der Waals surface area contributed by atoms with Crippen molar-refractivity contribution in [3.05, 3.63) is 71.4 Å². The minimum atomic E-state index is -3.55. The Balaban J connectivity index is 1.47. The maximum absolute atomic E-state index is 12.9. The Morgan fingerprint density at radius 2 is 1.80 bits per heavy atom. The lowest BCUT2D eigenvalue weighted by molar-refractivity contribution is 0.174. The van der Waals surface area contributed by atoms with E-state index in [-0.39, 0.29) is 18.4 Å². The molecule has 3 aromatic rings. The molecule has 0 aliphatic carbocycles. The summed E-state index contributed by atoms with van der Waals surface area (Å²) >= 11 is 0. The van der Waals surface area contributed by atoms with E-state index in [2.05, 4.69) is 19.8 Å². The van der Waals surface area contributed by atoms with Gasteiger partial charge in [0.15, 0.2) is 17.3 Å². The zero-order chi connectivity index (χ0) is 24.7. The lowest BCUT2D eigenvalue weighted by Crippen LogP contribution is -2.36. The first-order valence-electron chi connectivity index (χ1n) is 11.9. The molecular weight excluding hydrogens is 468 g/mol. The van der Waals surface area contributed by atoms with E-state index in [1.165, 1.54) is 0 Å². The Bertz CT molecular complexity index is 1200. The van der Waals surface area contributed by atoms with Gasteiger partial charge in [0.1, 0.15) is 6.04 Å². The molecule has 0 radical (unpaired) electrons. The molecule has 0 amide bonds. The Morgan fingerprint density at radius 1 is 1.03 bits per heavy atom. The second-order valence-corrected chi connectivity index (χ2v) is 10.3. The van der Waals surface area contributed by atoms with Crippen LogP contribution in [0, 0.1) is 0 Å². The van der Waals surface area contributed by atoms with E-state index < -0.39 is 16.1 Å². The first-order valence-corrected chi connectivity index (χ1v) is 13.6. The fourth-order valence-electron chi connectivity index (χ4n) is 3.97. The van der Waals surface area contributed by atoms with E-state index in [9.17, 15) is 8.42 Å². The van der Waals surface area contributed by atoms with Crippen LogP contribution in [0.4, 0.5) is 0 Å². The molecular formula is C25H32N4O5S. The number of ether oxygens (including phenoxy) is 2. The van der Waals surface area contributed by atoms with Crippen molar-refractivity contribution in [3.8, 4) is 11.5 Å². The molecule has 1 N–H and O–H groups in total. The third-order valence-corrected chi connectivity index (χ3v) is 7.40. The first-order chi connectivity index (χ1) is 17.0. The SMILES string of the molecule is CCN(CC)CCS(=O)(=O)N[C@H](CCc1ccccc1)c1nc(Cc2ccc3c(c2)OCO3)no1. The standard InChI is InChI=1S/C25H32N4O5S/c1-3-29(4-2)14-15-35(30,31)28-21(12-10-19-8-6-5-7-9-19)25-26-24(27-34-25)17-20-11-13-22-23(16-20)33-18-32-22/h5-9,11,13,16,21,28H,3-4,10,12,14-15,17-18H2,1-2H3/t21-/m1/s1. The predicted octanol–water partition coefficient (Wildman–Crippen LogP) is 3.32. The summed E-state index contributed by atoms with van der Waals surface area (Å²) in [6, 6.07) is 15.0. The molecule has 0 saturated carbocycles. The third-order valence-electron chi connectivity index (χ3n) is 6.04. The van der Waals surface area contributed by atoms with Crippen LogP contribution in [0.1, 0.15) is 49.2 Å². The van der Waals surface area contributed by atoms with E-state index in [1.54, 1.807) is 0 Å². The minimum Gasteiger partial charge on any atom is -0.454 e. The van der Waals surface area contributed by atoms with Crippen molar-refractivity contribution in [2.75, 3.05) is 32.2 Å². The van der Waals surface area contributed by atoms with Crippen molar-refractivity contribution in [1.29, 1.82) is 0 Å². The van der Waals surface area contributed by atoms with Gasteiger partial charge >= 0.3 is 0 Å². The van der Waals surface area contributed by atoms with Gasteiger partial charge in [0, 0.05) is 13.0 Å². The molecule has 2 heterocycles. The molecule has 0 unspecified atom stereocenters. The number of benzene rings is 2. The summed E-state index contributed by atoms with van der Waals surface area (Å²) < 4.78 is 45.0. The van der Waals surface area contributed by atoms with Gasteiger partial charge in [-0.3, -0.25) is 0 Å². The molecule has 0 saturated heterocycles. The van der Waals surface area contributed by atoms with Crippen molar-refractivity contribution in [3.63, 3.8) is 0 Å². The lowest BCUT2D eigenvalue weighted by Gasteiger charge is -2.20. The van der Waals surface area contributed by atoms with Gasteiger partial charge in [-0.2, -0.15) is 4.98 Å². The summed E-state index contributed by atoms with van der Waals surface area (Å²) in [6.45, 7) is 6.32. The number of hydrogen-bond acceptors (Lipinski definition) is 8. The van der Waals surface area contributed by atoms with Gasteiger partial charge in [-0.1, -0.05) is 55.4 Å². The summed E-state index contributed by atoms with van der Waals surface area (Å²) in [5, 5.41) is 4.11. The quantitative estimate of drug-likeness (QED) is 0.381. The molecule has 0 spiro atoms. The number of hydrogen-bond donors (Lipinski definition) is 1. The van der Waals surface area contributed by atoms with Gasteiger partial charge < -0.3 is 18.9 Å². The monoisotopic (exact) mass is 500 g/mol. The van der Waals surface area contributed by atoms with Crippen molar-refractivity contribution in [2.45, 2.75) is 39.2 Å². The summed E-state index contributed by atoms with van der Waals surface area (Å²) in [6.07, 6.45) is 1.60. The second-order valence-electron chi connectivity index (χ2n) is 8.45. The van der Waals surface area contributed by atoms with Gasteiger partial charge in [-0.05, 0) is 49.2 Å². The summed E-state index contributed by atoms with van der Waals surface area (Å²) in [7, 11) is -3.55. The zero-order valence-electron chi connectivity index (χ0n) is 20.1. The minimum absolute atomic E-state index is 0.00864. The third kappa shape index (κ3) is 7.03. The van der Waals surface area contributed by atoms with Crippen LogP contribution in [0.2, 0.25) is 0 Å². The maximum atomic E-state index is 12.9. The molecule has 1 atom stereocenters. The van der Waals surface area contributed by atoms with Crippen molar-refractivity contribution in [2.24, 2.45) is 0 Å². The van der Waals surface area contributed by atoms with Crippen LogP contribution in [0.3, 0.4) is 0 Å². The molecule has 1 aromatic heterocycles. The van der Waals surface area contributed by atoms with Gasteiger partial charge in [0.2, 0.25) is 22.7 Å². The highest BCUT2D eigenvalue weighted by Crippen LogP contribution is 2.33. The number of sulfonamides is 1. The molecule has 1 aliphatic heterocycles. The Kier molecular flexibility index (Phi) is 8.37. The zero-order valence-corrected chi connectivity index (χ0v) is 21.0. The normalized spacial score (nSPS) is 13.9. The van der Waals surface area contributed by atoms with Crippen LogP contribution < -0.4 is 14.2 Å². The molecule has 9 nitrogen and oxygen atoms in total. The number of nitrogens with one attached hydrogen (secondary N) is 1. The highest BCUT2D eigenvalue weighted by Gasteiger charge is 2.25. The van der Waals surface area contributed by atoms with E-state index in [1.807, 2.05) is 62.4 Å². The van der Waals surface area contributed by atoms with Crippen LogP contribution in [0.15, 0.2) is 53.1 Å². The van der Waals surface area contributed by atoms with E-state index >= 15 is 0 Å². The molecule has 0 bridgehead atoms.